The molecule has 2 aromatic rings. The van der Waals surface area contributed by atoms with Gasteiger partial charge in [0.05, 0.1) is 12.2 Å². The first kappa shape index (κ1) is 14.1. The van der Waals surface area contributed by atoms with Gasteiger partial charge in [-0.15, -0.1) is 0 Å². The number of anilines is 1. The Bertz CT molecular complexity index is 620. The first-order valence-electron chi connectivity index (χ1n) is 7.41. The Labute approximate surface area is 124 Å². The number of para-hydroxylation sites is 1. The molecular formula is C16H21FN4. The molecule has 2 heterocycles. The van der Waals surface area contributed by atoms with E-state index >= 15 is 0 Å². The zero-order valence-corrected chi connectivity index (χ0v) is 12.5. The lowest BCUT2D eigenvalue weighted by Gasteiger charge is -2.31. The third-order valence-electron chi connectivity index (χ3n) is 3.83. The number of nitrogens with one attached hydrogen (secondary N) is 1. The molecule has 0 unspecified atom stereocenters. The Morgan fingerprint density at radius 3 is 3.00 bits per heavy atom. The highest BCUT2D eigenvalue weighted by Gasteiger charge is 2.21. The highest BCUT2D eigenvalue weighted by Crippen LogP contribution is 2.27. The molecule has 5 heteroatoms. The van der Waals surface area contributed by atoms with E-state index in [1.54, 1.807) is 12.3 Å². The summed E-state index contributed by atoms with van der Waals surface area (Å²) in [7, 11) is 0. The highest BCUT2D eigenvalue weighted by molar-refractivity contribution is 5.55. The van der Waals surface area contributed by atoms with E-state index in [0.717, 1.165) is 24.5 Å². The van der Waals surface area contributed by atoms with Gasteiger partial charge in [-0.2, -0.15) is 0 Å². The number of benzene rings is 1. The van der Waals surface area contributed by atoms with Crippen molar-refractivity contribution >= 4 is 5.69 Å². The van der Waals surface area contributed by atoms with Crippen molar-refractivity contribution in [2.24, 2.45) is 0 Å². The maximum atomic E-state index is 14.4. The van der Waals surface area contributed by atoms with Gasteiger partial charge in [0.2, 0.25) is 0 Å². The minimum atomic E-state index is -0.155. The Kier molecular flexibility index (Phi) is 3.92. The van der Waals surface area contributed by atoms with E-state index in [2.05, 4.69) is 33.6 Å². The number of hydrogen-bond donors (Lipinski definition) is 1. The molecule has 0 saturated carbocycles. The number of halogens is 1. The summed E-state index contributed by atoms with van der Waals surface area (Å²) in [6, 6.07) is 5.69. The van der Waals surface area contributed by atoms with Gasteiger partial charge < -0.3 is 14.8 Å². The summed E-state index contributed by atoms with van der Waals surface area (Å²) < 4.78 is 16.5. The maximum absolute atomic E-state index is 14.4. The topological polar surface area (TPSA) is 33.1 Å². The van der Waals surface area contributed by atoms with Gasteiger partial charge in [-0.05, 0) is 11.6 Å². The van der Waals surface area contributed by atoms with Gasteiger partial charge in [-0.3, -0.25) is 0 Å². The van der Waals surface area contributed by atoms with Crippen LogP contribution in [0.3, 0.4) is 0 Å². The van der Waals surface area contributed by atoms with Crippen molar-refractivity contribution in [3.63, 3.8) is 0 Å². The summed E-state index contributed by atoms with van der Waals surface area (Å²) in [4.78, 5) is 6.44. The van der Waals surface area contributed by atoms with Crippen molar-refractivity contribution in [2.45, 2.75) is 39.5 Å². The van der Waals surface area contributed by atoms with Gasteiger partial charge in [-0.25, -0.2) is 9.37 Å². The second kappa shape index (κ2) is 5.85. The third-order valence-corrected chi connectivity index (χ3v) is 3.83. The standard InChI is InChI=1S/C16H21FN4/c1-12(2)19-10-13-4-3-5-14(17)16(13)21-9-8-20-7-6-18-15(20)11-21/h3-7,12,19H,8-11H2,1-2H3. The molecule has 1 N–H and O–H groups in total. The predicted molar refractivity (Wildman–Crippen MR) is 81.7 cm³/mol. The quantitative estimate of drug-likeness (QED) is 0.938. The van der Waals surface area contributed by atoms with E-state index in [1.807, 2.05) is 12.3 Å². The van der Waals surface area contributed by atoms with Gasteiger partial charge in [-0.1, -0.05) is 26.0 Å². The highest BCUT2D eigenvalue weighted by atomic mass is 19.1. The van der Waals surface area contributed by atoms with E-state index in [-0.39, 0.29) is 5.82 Å². The Morgan fingerprint density at radius 2 is 2.19 bits per heavy atom. The molecule has 1 aliphatic rings. The molecule has 0 saturated heterocycles. The first-order valence-corrected chi connectivity index (χ1v) is 7.41. The summed E-state index contributed by atoms with van der Waals surface area (Å²) in [5.74, 6) is 0.838. The predicted octanol–water partition coefficient (Wildman–Crippen LogP) is 2.54. The van der Waals surface area contributed by atoms with Crippen molar-refractivity contribution in [2.75, 3.05) is 11.4 Å². The first-order chi connectivity index (χ1) is 10.1. The fraction of sp³-hybridized carbons (Fsp3) is 0.438. The van der Waals surface area contributed by atoms with Crippen molar-refractivity contribution in [3.8, 4) is 0 Å². The van der Waals surface area contributed by atoms with Crippen LogP contribution < -0.4 is 10.2 Å². The summed E-state index contributed by atoms with van der Waals surface area (Å²) in [5.41, 5.74) is 1.71. The summed E-state index contributed by atoms with van der Waals surface area (Å²) >= 11 is 0. The molecule has 0 aliphatic carbocycles. The molecule has 0 radical (unpaired) electrons. The molecule has 112 valence electrons. The van der Waals surface area contributed by atoms with Gasteiger partial charge in [0.1, 0.15) is 11.6 Å². The molecule has 0 bridgehead atoms. The van der Waals surface area contributed by atoms with Crippen molar-refractivity contribution in [1.29, 1.82) is 0 Å². The minimum absolute atomic E-state index is 0.155. The fourth-order valence-corrected chi connectivity index (χ4v) is 2.74. The molecule has 0 spiro atoms. The van der Waals surface area contributed by atoms with Crippen LogP contribution in [0.25, 0.3) is 0 Å². The van der Waals surface area contributed by atoms with Crippen molar-refractivity contribution < 1.29 is 4.39 Å². The number of rotatable bonds is 4. The van der Waals surface area contributed by atoms with Crippen LogP contribution in [0, 0.1) is 5.82 Å². The zero-order valence-electron chi connectivity index (χ0n) is 12.5. The molecule has 21 heavy (non-hydrogen) atoms. The largest absolute Gasteiger partial charge is 0.360 e. The van der Waals surface area contributed by atoms with Crippen LogP contribution in [-0.2, 0) is 19.6 Å². The zero-order chi connectivity index (χ0) is 14.8. The third kappa shape index (κ3) is 2.93. The number of fused-ring (bicyclic) bond motifs is 1. The van der Waals surface area contributed by atoms with Crippen molar-refractivity contribution in [3.05, 3.63) is 47.8 Å². The second-order valence-corrected chi connectivity index (χ2v) is 5.74. The molecule has 1 aromatic heterocycles. The van der Waals surface area contributed by atoms with Crippen LogP contribution in [0.5, 0.6) is 0 Å². The van der Waals surface area contributed by atoms with Gasteiger partial charge in [0.25, 0.3) is 0 Å². The minimum Gasteiger partial charge on any atom is -0.360 e. The molecule has 1 aliphatic heterocycles. The molecular weight excluding hydrogens is 267 g/mol. The monoisotopic (exact) mass is 288 g/mol. The molecule has 0 atom stereocenters. The van der Waals surface area contributed by atoms with Crippen LogP contribution in [0.15, 0.2) is 30.6 Å². The average Bonchev–Trinajstić information content (AvgIpc) is 2.92. The lowest BCUT2D eigenvalue weighted by molar-refractivity contribution is 0.535. The average molecular weight is 288 g/mol. The van der Waals surface area contributed by atoms with Crippen LogP contribution in [0.4, 0.5) is 10.1 Å². The Balaban J connectivity index is 1.87. The molecule has 4 nitrogen and oxygen atoms in total. The SMILES string of the molecule is CC(C)NCc1cccc(F)c1N1CCn2ccnc2C1. The lowest BCUT2D eigenvalue weighted by atomic mass is 10.1. The Morgan fingerprint density at radius 1 is 1.33 bits per heavy atom. The number of aromatic nitrogens is 2. The summed E-state index contributed by atoms with van der Waals surface area (Å²) in [6.07, 6.45) is 3.79. The van der Waals surface area contributed by atoms with Gasteiger partial charge in [0.15, 0.2) is 0 Å². The van der Waals surface area contributed by atoms with Crippen LogP contribution in [0.1, 0.15) is 25.2 Å². The van der Waals surface area contributed by atoms with Crippen LogP contribution >= 0.6 is 0 Å². The molecule has 1 aromatic carbocycles. The van der Waals surface area contributed by atoms with Crippen molar-refractivity contribution in [1.82, 2.24) is 14.9 Å². The van der Waals surface area contributed by atoms with E-state index in [0.29, 0.717) is 24.8 Å². The van der Waals surface area contributed by atoms with E-state index in [1.165, 1.54) is 6.07 Å². The fourth-order valence-electron chi connectivity index (χ4n) is 2.74. The number of nitrogens with zero attached hydrogens (tertiary/aromatic N) is 3. The Hall–Kier alpha value is -1.88. The van der Waals surface area contributed by atoms with Gasteiger partial charge in [0, 0.05) is 38.1 Å². The van der Waals surface area contributed by atoms with E-state index in [4.69, 9.17) is 0 Å². The summed E-state index contributed by atoms with van der Waals surface area (Å²) in [6.45, 7) is 7.17. The maximum Gasteiger partial charge on any atom is 0.146 e. The number of hydrogen-bond acceptors (Lipinski definition) is 3. The molecule has 0 fully saturated rings. The number of imidazole rings is 1. The lowest BCUT2D eigenvalue weighted by Crippen LogP contribution is -2.35. The normalized spacial score (nSPS) is 14.6. The second-order valence-electron chi connectivity index (χ2n) is 5.74. The van der Waals surface area contributed by atoms with E-state index in [9.17, 15) is 4.39 Å². The summed E-state index contributed by atoms with van der Waals surface area (Å²) in [5, 5.41) is 3.37. The smallest absolute Gasteiger partial charge is 0.146 e. The molecule has 0 amide bonds. The van der Waals surface area contributed by atoms with Crippen LogP contribution in [0.2, 0.25) is 0 Å². The van der Waals surface area contributed by atoms with Crippen LogP contribution in [-0.4, -0.2) is 22.1 Å². The molecule has 3 rings (SSSR count). The van der Waals surface area contributed by atoms with Gasteiger partial charge >= 0.3 is 0 Å². The van der Waals surface area contributed by atoms with E-state index < -0.39 is 0 Å².